The lowest BCUT2D eigenvalue weighted by Gasteiger charge is -2.37. The quantitative estimate of drug-likeness (QED) is 0.239. The summed E-state index contributed by atoms with van der Waals surface area (Å²) in [7, 11) is 3.96. The molecule has 4 rings (SSSR count). The van der Waals surface area contributed by atoms with E-state index >= 15 is 0 Å². The summed E-state index contributed by atoms with van der Waals surface area (Å²) >= 11 is 6.37. The van der Waals surface area contributed by atoms with Crippen LogP contribution in [-0.2, 0) is 4.79 Å². The number of carboxylic acid groups (broad SMARTS) is 1. The molecule has 2 aromatic carbocycles. The second-order valence-corrected chi connectivity index (χ2v) is 11.2. The topological polar surface area (TPSA) is 91.8 Å². The molecule has 0 atom stereocenters. The maximum absolute atomic E-state index is 13.9. The molecule has 0 radical (unpaired) electrons. The number of amides is 1. The molecule has 1 heterocycles. The Hall–Kier alpha value is -3.27. The smallest absolute Gasteiger partial charge is 0.329 e. The summed E-state index contributed by atoms with van der Waals surface area (Å²) < 4.78 is 33.7. The first-order valence-corrected chi connectivity index (χ1v) is 13.9. The number of carboxylic acids is 1. The van der Waals surface area contributed by atoms with Crippen LogP contribution in [0.3, 0.4) is 0 Å². The fourth-order valence-corrected chi connectivity index (χ4v) is 5.11. The highest BCUT2D eigenvalue weighted by Gasteiger charge is 2.49. The second-order valence-electron chi connectivity index (χ2n) is 10.8. The van der Waals surface area contributed by atoms with Gasteiger partial charge in [-0.2, -0.15) is 0 Å². The fraction of sp³-hybridized carbons (Fsp3) is 0.387. The molecule has 0 aliphatic heterocycles. The summed E-state index contributed by atoms with van der Waals surface area (Å²) in [6.45, 7) is 3.21. The van der Waals surface area contributed by atoms with Crippen molar-refractivity contribution in [2.45, 2.75) is 50.5 Å². The monoisotopic (exact) mass is 621 g/mol. The van der Waals surface area contributed by atoms with Crippen LogP contribution in [0.25, 0.3) is 22.4 Å². The predicted molar refractivity (Wildman–Crippen MR) is 162 cm³/mol. The van der Waals surface area contributed by atoms with Gasteiger partial charge in [0.2, 0.25) is 5.92 Å². The third kappa shape index (κ3) is 7.76. The molecular formula is C31H35Cl2F2N3O4. The first kappa shape index (κ1) is 33.2. The first-order chi connectivity index (χ1) is 19.4. The largest absolute Gasteiger partial charge is 0.492 e. The predicted octanol–water partition coefficient (Wildman–Crippen LogP) is 6.89. The Morgan fingerprint density at radius 3 is 2.38 bits per heavy atom. The van der Waals surface area contributed by atoms with Gasteiger partial charge in [-0.3, -0.25) is 4.79 Å². The van der Waals surface area contributed by atoms with Crippen LogP contribution in [-0.4, -0.2) is 65.6 Å². The van der Waals surface area contributed by atoms with Gasteiger partial charge in [0.05, 0.1) is 17.3 Å². The molecule has 1 aromatic heterocycles. The van der Waals surface area contributed by atoms with Gasteiger partial charge >= 0.3 is 5.97 Å². The van der Waals surface area contributed by atoms with E-state index in [9.17, 15) is 23.5 Å². The average Bonchev–Trinajstić information content (AvgIpc) is 2.93. The number of aliphatic carboxylic acids is 1. The van der Waals surface area contributed by atoms with Gasteiger partial charge in [-0.05, 0) is 75.7 Å². The number of benzene rings is 2. The van der Waals surface area contributed by atoms with Crippen molar-refractivity contribution in [3.63, 3.8) is 0 Å². The van der Waals surface area contributed by atoms with E-state index in [0.29, 0.717) is 34.2 Å². The zero-order chi connectivity index (χ0) is 29.8. The summed E-state index contributed by atoms with van der Waals surface area (Å²) in [5, 5.41) is 13.0. The van der Waals surface area contributed by atoms with Gasteiger partial charge in [-0.15, -0.1) is 12.4 Å². The SMILES string of the molecule is Cc1ccccc1-c1ccc(-c2ccc(Cl)c(OCCCN(C)C)c2)nc1C(=O)NC1(C(=O)O)CCC(F)(F)CC1.Cl. The van der Waals surface area contributed by atoms with E-state index in [1.165, 1.54) is 0 Å². The van der Waals surface area contributed by atoms with Gasteiger partial charge in [-0.1, -0.05) is 41.9 Å². The maximum Gasteiger partial charge on any atom is 0.329 e. The molecule has 7 nitrogen and oxygen atoms in total. The first-order valence-electron chi connectivity index (χ1n) is 13.5. The molecule has 11 heteroatoms. The van der Waals surface area contributed by atoms with E-state index in [2.05, 4.69) is 15.2 Å². The van der Waals surface area contributed by atoms with Crippen LogP contribution in [0.5, 0.6) is 5.75 Å². The zero-order valence-corrected chi connectivity index (χ0v) is 25.3. The Labute approximate surface area is 255 Å². The summed E-state index contributed by atoms with van der Waals surface area (Å²) in [4.78, 5) is 32.7. The molecule has 3 aromatic rings. The third-order valence-electron chi connectivity index (χ3n) is 7.38. The van der Waals surface area contributed by atoms with Crippen LogP contribution in [0.2, 0.25) is 5.02 Å². The molecule has 1 aliphatic rings. The molecule has 1 aliphatic carbocycles. The number of rotatable bonds is 10. The number of aromatic nitrogens is 1. The van der Waals surface area contributed by atoms with E-state index in [4.69, 9.17) is 16.3 Å². The second kappa shape index (κ2) is 13.8. The third-order valence-corrected chi connectivity index (χ3v) is 7.69. The molecule has 0 bridgehead atoms. The summed E-state index contributed by atoms with van der Waals surface area (Å²) in [6.07, 6.45) is -1.21. The number of nitrogens with zero attached hydrogens (tertiary/aromatic N) is 2. The summed E-state index contributed by atoms with van der Waals surface area (Å²) in [6, 6.07) is 16.2. The molecule has 0 saturated heterocycles. The molecule has 1 amide bonds. The van der Waals surface area contributed by atoms with Crippen molar-refractivity contribution < 1.29 is 28.2 Å². The van der Waals surface area contributed by atoms with Crippen LogP contribution in [0.4, 0.5) is 8.78 Å². The lowest BCUT2D eigenvalue weighted by molar-refractivity contribution is -0.150. The van der Waals surface area contributed by atoms with Crippen molar-refractivity contribution in [3.8, 4) is 28.1 Å². The van der Waals surface area contributed by atoms with Crippen LogP contribution >= 0.6 is 24.0 Å². The van der Waals surface area contributed by atoms with Gasteiger partial charge in [0.15, 0.2) is 0 Å². The van der Waals surface area contributed by atoms with Gasteiger partial charge in [0.1, 0.15) is 17.0 Å². The fourth-order valence-electron chi connectivity index (χ4n) is 4.93. The number of ether oxygens (including phenoxy) is 1. The number of aryl methyl sites for hydroxylation is 1. The molecule has 1 fully saturated rings. The molecule has 42 heavy (non-hydrogen) atoms. The molecule has 226 valence electrons. The van der Waals surface area contributed by atoms with Crippen molar-refractivity contribution in [3.05, 3.63) is 70.9 Å². The normalized spacial score (nSPS) is 15.5. The van der Waals surface area contributed by atoms with Crippen LogP contribution in [0.1, 0.15) is 48.2 Å². The highest BCUT2D eigenvalue weighted by atomic mass is 35.5. The summed E-state index contributed by atoms with van der Waals surface area (Å²) in [5.74, 6) is -4.57. The van der Waals surface area contributed by atoms with Crippen LogP contribution < -0.4 is 10.1 Å². The standard InChI is InChI=1S/C31H34ClF2N3O4.ClH/c1-20-7-4-5-8-22(20)23-10-12-25(21-9-11-24(32)26(19-21)41-18-6-17-37(2)3)35-27(23)28(38)36-30(29(39)40)13-15-31(33,34)16-14-30;/h4-5,7-12,19H,6,13-18H2,1-3H3,(H,36,38)(H,39,40);1H. The Kier molecular flexibility index (Phi) is 10.9. The van der Waals surface area contributed by atoms with Gasteiger partial charge in [-0.25, -0.2) is 18.6 Å². The van der Waals surface area contributed by atoms with Crippen LogP contribution in [0.15, 0.2) is 54.6 Å². The number of nitrogens with one attached hydrogen (secondary N) is 1. The Bertz CT molecular complexity index is 1430. The van der Waals surface area contributed by atoms with Crippen molar-refractivity contribution in [2.24, 2.45) is 0 Å². The molecular weight excluding hydrogens is 587 g/mol. The number of hydrogen-bond donors (Lipinski definition) is 2. The van der Waals surface area contributed by atoms with E-state index in [0.717, 1.165) is 24.1 Å². The summed E-state index contributed by atoms with van der Waals surface area (Å²) in [5.41, 5.74) is 1.42. The number of halogens is 4. The lowest BCUT2D eigenvalue weighted by Crippen LogP contribution is -2.57. The maximum atomic E-state index is 13.9. The van der Waals surface area contributed by atoms with Crippen molar-refractivity contribution in [1.29, 1.82) is 0 Å². The molecule has 0 spiro atoms. The van der Waals surface area contributed by atoms with Crippen LogP contribution in [0, 0.1) is 6.92 Å². The van der Waals surface area contributed by atoms with Crippen molar-refractivity contribution in [1.82, 2.24) is 15.2 Å². The minimum absolute atomic E-state index is 0. The van der Waals surface area contributed by atoms with Gasteiger partial charge in [0, 0.05) is 30.5 Å². The average molecular weight is 623 g/mol. The van der Waals surface area contributed by atoms with E-state index in [1.807, 2.05) is 45.3 Å². The van der Waals surface area contributed by atoms with E-state index in [1.54, 1.807) is 30.3 Å². The molecule has 0 unspecified atom stereocenters. The van der Waals surface area contributed by atoms with E-state index in [-0.39, 0.29) is 30.9 Å². The Balaban J connectivity index is 0.00000484. The Morgan fingerprint density at radius 2 is 1.74 bits per heavy atom. The number of pyridine rings is 1. The van der Waals surface area contributed by atoms with Crippen molar-refractivity contribution >= 4 is 35.9 Å². The van der Waals surface area contributed by atoms with Crippen molar-refractivity contribution in [2.75, 3.05) is 27.2 Å². The number of hydrogen-bond acceptors (Lipinski definition) is 5. The minimum Gasteiger partial charge on any atom is -0.492 e. The lowest BCUT2D eigenvalue weighted by atomic mass is 9.79. The molecule has 1 saturated carbocycles. The van der Waals surface area contributed by atoms with Gasteiger partial charge in [0.25, 0.3) is 5.91 Å². The van der Waals surface area contributed by atoms with E-state index < -0.39 is 36.2 Å². The highest BCUT2D eigenvalue weighted by molar-refractivity contribution is 6.32. The number of alkyl halides is 2. The molecule has 2 N–H and O–H groups in total. The highest BCUT2D eigenvalue weighted by Crippen LogP contribution is 2.39. The Morgan fingerprint density at radius 1 is 1.05 bits per heavy atom. The number of carbonyl (C=O) groups is 2. The van der Waals surface area contributed by atoms with Gasteiger partial charge < -0.3 is 20.1 Å². The minimum atomic E-state index is -2.96. The number of carbonyl (C=O) groups excluding carboxylic acids is 1. The zero-order valence-electron chi connectivity index (χ0n) is 23.8.